The fraction of sp³-hybridized carbons (Fsp3) is 0.474. The van der Waals surface area contributed by atoms with Gasteiger partial charge in [-0.2, -0.15) is 0 Å². The highest BCUT2D eigenvalue weighted by atomic mass is 16.5. The lowest BCUT2D eigenvalue weighted by atomic mass is 10.1. The van der Waals surface area contributed by atoms with E-state index in [2.05, 4.69) is 38.9 Å². The second kappa shape index (κ2) is 8.93. The molecule has 1 aromatic heterocycles. The van der Waals surface area contributed by atoms with Gasteiger partial charge in [-0.15, -0.1) is 0 Å². The molecule has 0 radical (unpaired) electrons. The van der Waals surface area contributed by atoms with E-state index in [9.17, 15) is 4.79 Å². The van der Waals surface area contributed by atoms with Gasteiger partial charge in [0.25, 0.3) is 0 Å². The third-order valence-corrected chi connectivity index (χ3v) is 4.49. The smallest absolute Gasteiger partial charge is 0.242 e. The van der Waals surface area contributed by atoms with Crippen molar-refractivity contribution in [1.82, 2.24) is 15.4 Å². The number of aromatic nitrogens is 1. The average molecular weight is 358 g/mol. The Balaban J connectivity index is 1.54. The molecule has 1 amide bonds. The maximum Gasteiger partial charge on any atom is 0.242 e. The Hall–Kier alpha value is -2.22. The van der Waals surface area contributed by atoms with Crippen molar-refractivity contribution in [3.05, 3.63) is 47.2 Å². The number of carbonyl (C=O) groups is 1. The third kappa shape index (κ3) is 5.14. The van der Waals surface area contributed by atoms with E-state index in [0.717, 1.165) is 32.8 Å². The van der Waals surface area contributed by atoms with Crippen molar-refractivity contribution < 1.29 is 14.1 Å². The van der Waals surface area contributed by atoms with E-state index in [4.69, 9.17) is 9.26 Å². The highest BCUT2D eigenvalue weighted by Gasteiger charge is 2.16. The van der Waals surface area contributed by atoms with Gasteiger partial charge < -0.3 is 19.9 Å². The summed E-state index contributed by atoms with van der Waals surface area (Å²) in [7, 11) is 0. The molecule has 0 unspecified atom stereocenters. The van der Waals surface area contributed by atoms with Crippen LogP contribution in [0.25, 0.3) is 0 Å². The number of amides is 1. The van der Waals surface area contributed by atoms with Gasteiger partial charge in [-0.1, -0.05) is 29.4 Å². The number of anilines is 1. The Kier molecular flexibility index (Phi) is 6.38. The van der Waals surface area contributed by atoms with Crippen molar-refractivity contribution in [2.24, 2.45) is 0 Å². The van der Waals surface area contributed by atoms with E-state index in [1.807, 2.05) is 13.0 Å². The zero-order chi connectivity index (χ0) is 18.4. The van der Waals surface area contributed by atoms with Crippen LogP contribution in [0.5, 0.6) is 0 Å². The van der Waals surface area contributed by atoms with Crippen LogP contribution in [0, 0.1) is 6.92 Å². The zero-order valence-corrected chi connectivity index (χ0v) is 15.3. The highest BCUT2D eigenvalue weighted by Crippen LogP contribution is 2.13. The van der Waals surface area contributed by atoms with Gasteiger partial charge in [0.15, 0.2) is 5.82 Å². The summed E-state index contributed by atoms with van der Waals surface area (Å²) >= 11 is 0. The van der Waals surface area contributed by atoms with Gasteiger partial charge in [0, 0.05) is 32.2 Å². The van der Waals surface area contributed by atoms with Gasteiger partial charge in [0.1, 0.15) is 5.76 Å². The average Bonchev–Trinajstić information content (AvgIpc) is 3.06. The van der Waals surface area contributed by atoms with E-state index < -0.39 is 0 Å². The fourth-order valence-electron chi connectivity index (χ4n) is 2.90. The van der Waals surface area contributed by atoms with Crippen LogP contribution >= 0.6 is 0 Å². The number of carbonyl (C=O) groups excluding carboxylic acids is 1. The number of hydrogen-bond donors (Lipinski definition) is 2. The number of aryl methyl sites for hydroxylation is 1. The third-order valence-electron chi connectivity index (χ3n) is 4.49. The Bertz CT molecular complexity index is 725. The van der Waals surface area contributed by atoms with Crippen molar-refractivity contribution in [1.29, 1.82) is 0 Å². The summed E-state index contributed by atoms with van der Waals surface area (Å²) in [5.41, 5.74) is 2.48. The summed E-state index contributed by atoms with van der Waals surface area (Å²) in [5, 5.41) is 9.83. The summed E-state index contributed by atoms with van der Waals surface area (Å²) in [6, 6.07) is 9.69. The molecule has 1 aromatic carbocycles. The van der Waals surface area contributed by atoms with Gasteiger partial charge in [0.2, 0.25) is 5.91 Å². The number of nitrogens with one attached hydrogen (secondary N) is 2. The molecule has 7 nitrogen and oxygen atoms in total. The Morgan fingerprint density at radius 2 is 2.00 bits per heavy atom. The van der Waals surface area contributed by atoms with Gasteiger partial charge in [-0.3, -0.25) is 9.69 Å². The first-order valence-corrected chi connectivity index (χ1v) is 8.96. The second-order valence-corrected chi connectivity index (χ2v) is 6.57. The molecule has 2 N–H and O–H groups in total. The first-order chi connectivity index (χ1) is 12.6. The molecule has 1 fully saturated rings. The van der Waals surface area contributed by atoms with Crippen LogP contribution in [0.3, 0.4) is 0 Å². The van der Waals surface area contributed by atoms with Gasteiger partial charge >= 0.3 is 0 Å². The Morgan fingerprint density at radius 1 is 1.27 bits per heavy atom. The van der Waals surface area contributed by atoms with E-state index in [1.54, 1.807) is 13.0 Å². The number of ether oxygens (including phenoxy) is 1. The Morgan fingerprint density at radius 3 is 2.69 bits per heavy atom. The molecule has 3 rings (SSSR count). The summed E-state index contributed by atoms with van der Waals surface area (Å²) in [5.74, 6) is 0.968. The fourth-order valence-corrected chi connectivity index (χ4v) is 2.90. The molecular formula is C19H26N4O3. The standard InChI is InChI=1S/C19H26N4O3/c1-14-11-18(22-26-14)21-19(24)15(2)20-12-16-5-3-4-6-17(16)13-23-7-9-25-10-8-23/h3-6,11,15,20H,7-10,12-13H2,1-2H3,(H,21,22,24)/t15-/m0/s1. The molecule has 7 heteroatoms. The van der Waals surface area contributed by atoms with Crippen LogP contribution in [-0.2, 0) is 22.6 Å². The van der Waals surface area contributed by atoms with Crippen LogP contribution in [0.4, 0.5) is 5.82 Å². The quantitative estimate of drug-likeness (QED) is 0.787. The van der Waals surface area contributed by atoms with Crippen molar-refractivity contribution in [2.45, 2.75) is 33.0 Å². The number of nitrogens with zero attached hydrogens (tertiary/aromatic N) is 2. The molecule has 140 valence electrons. The summed E-state index contributed by atoms with van der Waals surface area (Å²) in [6.07, 6.45) is 0. The number of morpholine rings is 1. The molecule has 2 heterocycles. The van der Waals surface area contributed by atoms with Crippen LogP contribution in [-0.4, -0.2) is 48.3 Å². The van der Waals surface area contributed by atoms with E-state index >= 15 is 0 Å². The number of benzene rings is 1. The lowest BCUT2D eigenvalue weighted by Gasteiger charge is -2.27. The molecule has 26 heavy (non-hydrogen) atoms. The predicted octanol–water partition coefficient (Wildman–Crippen LogP) is 1.93. The number of hydrogen-bond acceptors (Lipinski definition) is 6. The van der Waals surface area contributed by atoms with Crippen LogP contribution in [0.2, 0.25) is 0 Å². The van der Waals surface area contributed by atoms with Crippen molar-refractivity contribution in [2.75, 3.05) is 31.6 Å². The lowest BCUT2D eigenvalue weighted by molar-refractivity contribution is -0.117. The molecule has 1 aliphatic rings. The minimum Gasteiger partial charge on any atom is -0.379 e. The molecule has 0 aliphatic carbocycles. The van der Waals surface area contributed by atoms with Crippen LogP contribution in [0.1, 0.15) is 23.8 Å². The highest BCUT2D eigenvalue weighted by molar-refractivity contribution is 5.93. The molecule has 2 aromatic rings. The lowest BCUT2D eigenvalue weighted by Crippen LogP contribution is -2.38. The van der Waals surface area contributed by atoms with Gasteiger partial charge in [-0.05, 0) is 25.0 Å². The molecule has 0 spiro atoms. The molecule has 0 bridgehead atoms. The minimum absolute atomic E-state index is 0.135. The molecule has 0 saturated carbocycles. The van der Waals surface area contributed by atoms with Gasteiger partial charge in [-0.25, -0.2) is 0 Å². The first kappa shape index (κ1) is 18.6. The van der Waals surface area contributed by atoms with Crippen molar-refractivity contribution >= 4 is 11.7 Å². The van der Waals surface area contributed by atoms with Crippen molar-refractivity contribution in [3.63, 3.8) is 0 Å². The maximum absolute atomic E-state index is 12.3. The topological polar surface area (TPSA) is 79.6 Å². The molecule has 1 atom stereocenters. The largest absolute Gasteiger partial charge is 0.379 e. The second-order valence-electron chi connectivity index (χ2n) is 6.57. The van der Waals surface area contributed by atoms with E-state index in [0.29, 0.717) is 18.1 Å². The maximum atomic E-state index is 12.3. The first-order valence-electron chi connectivity index (χ1n) is 8.96. The van der Waals surface area contributed by atoms with Gasteiger partial charge in [0.05, 0.1) is 19.3 Å². The number of rotatable bonds is 7. The van der Waals surface area contributed by atoms with Crippen LogP contribution in [0.15, 0.2) is 34.9 Å². The summed E-state index contributed by atoms with van der Waals surface area (Å²) < 4.78 is 10.4. The summed E-state index contributed by atoms with van der Waals surface area (Å²) in [4.78, 5) is 14.7. The minimum atomic E-state index is -0.344. The molecule has 1 aliphatic heterocycles. The normalized spacial score (nSPS) is 16.4. The zero-order valence-electron chi connectivity index (χ0n) is 15.3. The SMILES string of the molecule is Cc1cc(NC(=O)[C@H](C)NCc2ccccc2CN2CCOCC2)no1. The molecular weight excluding hydrogens is 332 g/mol. The monoisotopic (exact) mass is 358 g/mol. The van der Waals surface area contributed by atoms with E-state index in [-0.39, 0.29) is 11.9 Å². The van der Waals surface area contributed by atoms with Crippen LogP contribution < -0.4 is 10.6 Å². The molecule has 1 saturated heterocycles. The summed E-state index contributed by atoms with van der Waals surface area (Å²) in [6.45, 7) is 8.66. The Labute approximate surface area is 153 Å². The van der Waals surface area contributed by atoms with Crippen molar-refractivity contribution in [3.8, 4) is 0 Å². The van der Waals surface area contributed by atoms with E-state index in [1.165, 1.54) is 11.1 Å². The predicted molar refractivity (Wildman–Crippen MR) is 98.7 cm³/mol.